The Kier molecular flexibility index (Phi) is 7.35. The Morgan fingerprint density at radius 2 is 1.83 bits per heavy atom. The topological polar surface area (TPSA) is 143 Å². The van der Waals surface area contributed by atoms with Crippen molar-refractivity contribution in [2.75, 3.05) is 18.5 Å². The van der Waals surface area contributed by atoms with Crippen molar-refractivity contribution in [3.63, 3.8) is 0 Å². The molecule has 0 unspecified atom stereocenters. The maximum absolute atomic E-state index is 13.0. The van der Waals surface area contributed by atoms with E-state index in [0.29, 0.717) is 21.8 Å². The van der Waals surface area contributed by atoms with E-state index in [4.69, 9.17) is 9.47 Å². The lowest BCUT2D eigenvalue weighted by Gasteiger charge is -2.07. The fraction of sp³-hybridized carbons (Fsp3) is 0.167. The number of hydrogen-bond donors (Lipinski definition) is 1. The number of rotatable bonds is 9. The smallest absolute Gasteiger partial charge is 0.348 e. The Morgan fingerprint density at radius 3 is 2.53 bits per heavy atom. The standard InChI is InChI=1S/C24H20N4O7S/c1-15-20-22(36-21(15)24(31)35-12-11-34-18-5-3-2-4-6-18)25-14-27(23(20)30)13-19(29)26-16-7-9-17(10-8-16)28(32)33/h2-10,14H,11-13H2,1H3,(H,26,29). The molecule has 184 valence electrons. The SMILES string of the molecule is Cc1c(C(=O)OCCOc2ccccc2)sc2ncn(CC(=O)Nc3ccc([N+](=O)[O-])cc3)c(=O)c12. The van der Waals surface area contributed by atoms with E-state index in [-0.39, 0.29) is 35.7 Å². The molecule has 2 aromatic carbocycles. The van der Waals surface area contributed by atoms with E-state index in [1.54, 1.807) is 19.1 Å². The largest absolute Gasteiger partial charge is 0.490 e. The van der Waals surface area contributed by atoms with Crippen LogP contribution >= 0.6 is 11.3 Å². The van der Waals surface area contributed by atoms with E-state index in [1.807, 2.05) is 18.2 Å². The summed E-state index contributed by atoms with van der Waals surface area (Å²) in [5.74, 6) is -0.444. The average Bonchev–Trinajstić information content (AvgIpc) is 3.21. The molecule has 0 bridgehead atoms. The Bertz CT molecular complexity index is 1480. The summed E-state index contributed by atoms with van der Waals surface area (Å²) in [6, 6.07) is 14.4. The number of nitro groups is 1. The quantitative estimate of drug-likeness (QED) is 0.157. The number of benzene rings is 2. The number of thiophene rings is 1. The molecule has 11 nitrogen and oxygen atoms in total. The number of aromatic nitrogens is 2. The average molecular weight is 509 g/mol. The van der Waals surface area contributed by atoms with Gasteiger partial charge in [0.1, 0.15) is 35.2 Å². The summed E-state index contributed by atoms with van der Waals surface area (Å²) < 4.78 is 11.9. The number of non-ortho nitro benzene ring substituents is 1. The van der Waals surface area contributed by atoms with Crippen molar-refractivity contribution in [2.24, 2.45) is 0 Å². The Hall–Kier alpha value is -4.58. The van der Waals surface area contributed by atoms with Crippen LogP contribution in [-0.2, 0) is 16.1 Å². The molecule has 1 amide bonds. The highest BCUT2D eigenvalue weighted by atomic mass is 32.1. The van der Waals surface area contributed by atoms with E-state index < -0.39 is 22.4 Å². The number of anilines is 1. The Morgan fingerprint density at radius 1 is 1.11 bits per heavy atom. The van der Waals surface area contributed by atoms with Gasteiger partial charge in [0.25, 0.3) is 11.2 Å². The van der Waals surface area contributed by atoms with Gasteiger partial charge in [0, 0.05) is 17.8 Å². The van der Waals surface area contributed by atoms with Gasteiger partial charge in [0.05, 0.1) is 16.6 Å². The Labute approximate surface area is 208 Å². The highest BCUT2D eigenvalue weighted by molar-refractivity contribution is 7.20. The third-order valence-electron chi connectivity index (χ3n) is 5.11. The number of ether oxygens (including phenoxy) is 2. The van der Waals surface area contributed by atoms with E-state index in [2.05, 4.69) is 10.3 Å². The molecule has 4 aromatic rings. The molecule has 0 aliphatic carbocycles. The number of nitrogens with one attached hydrogen (secondary N) is 1. The summed E-state index contributed by atoms with van der Waals surface area (Å²) in [6.45, 7) is 1.50. The second kappa shape index (κ2) is 10.8. The van der Waals surface area contributed by atoms with Crippen LogP contribution in [0.25, 0.3) is 10.2 Å². The number of carbonyl (C=O) groups is 2. The molecule has 0 saturated carbocycles. The van der Waals surface area contributed by atoms with Gasteiger partial charge in [-0.1, -0.05) is 18.2 Å². The van der Waals surface area contributed by atoms with E-state index >= 15 is 0 Å². The minimum Gasteiger partial charge on any atom is -0.490 e. The second-order valence-corrected chi connectivity index (χ2v) is 8.56. The molecule has 0 radical (unpaired) electrons. The number of amides is 1. The number of nitrogens with zero attached hydrogens (tertiary/aromatic N) is 3. The van der Waals surface area contributed by atoms with Crippen molar-refractivity contribution in [3.8, 4) is 5.75 Å². The summed E-state index contributed by atoms with van der Waals surface area (Å²) in [6.07, 6.45) is 1.23. The van der Waals surface area contributed by atoms with Crippen molar-refractivity contribution < 1.29 is 24.0 Å². The fourth-order valence-corrected chi connectivity index (χ4v) is 4.40. The third kappa shape index (κ3) is 5.55. The summed E-state index contributed by atoms with van der Waals surface area (Å²) in [4.78, 5) is 53.1. The zero-order valence-electron chi connectivity index (χ0n) is 19.0. The van der Waals surface area contributed by atoms with Crippen LogP contribution in [0.2, 0.25) is 0 Å². The molecule has 4 rings (SSSR count). The summed E-state index contributed by atoms with van der Waals surface area (Å²) in [5.41, 5.74) is 0.191. The predicted octanol–water partition coefficient (Wildman–Crippen LogP) is 3.55. The van der Waals surface area contributed by atoms with E-state index in [1.165, 1.54) is 30.6 Å². The fourth-order valence-electron chi connectivity index (χ4n) is 3.36. The van der Waals surface area contributed by atoms with Gasteiger partial charge in [-0.3, -0.25) is 24.3 Å². The number of para-hydroxylation sites is 1. The minimum absolute atomic E-state index is 0.0297. The summed E-state index contributed by atoms with van der Waals surface area (Å²) >= 11 is 1.04. The number of aryl methyl sites for hydroxylation is 1. The van der Waals surface area contributed by atoms with Crippen LogP contribution in [-0.4, -0.2) is 39.6 Å². The van der Waals surface area contributed by atoms with E-state index in [9.17, 15) is 24.5 Å². The highest BCUT2D eigenvalue weighted by Crippen LogP contribution is 2.27. The van der Waals surface area contributed by atoms with Gasteiger partial charge in [-0.2, -0.15) is 0 Å². The van der Waals surface area contributed by atoms with Crippen LogP contribution in [0.15, 0.2) is 65.7 Å². The summed E-state index contributed by atoms with van der Waals surface area (Å²) in [5, 5.41) is 13.6. The van der Waals surface area contributed by atoms with Crippen LogP contribution < -0.4 is 15.6 Å². The first kappa shape index (κ1) is 24.5. The number of carbonyl (C=O) groups excluding carboxylic acids is 2. The first-order valence-electron chi connectivity index (χ1n) is 10.7. The lowest BCUT2D eigenvalue weighted by atomic mass is 10.2. The monoisotopic (exact) mass is 508 g/mol. The molecule has 0 spiro atoms. The maximum Gasteiger partial charge on any atom is 0.348 e. The van der Waals surface area contributed by atoms with Gasteiger partial charge < -0.3 is 14.8 Å². The first-order chi connectivity index (χ1) is 17.3. The van der Waals surface area contributed by atoms with Crippen LogP contribution in [0, 0.1) is 17.0 Å². The maximum atomic E-state index is 13.0. The van der Waals surface area contributed by atoms with Crippen LogP contribution in [0.5, 0.6) is 5.75 Å². The van der Waals surface area contributed by atoms with Gasteiger partial charge in [-0.15, -0.1) is 11.3 Å². The molecule has 12 heteroatoms. The number of hydrogen-bond acceptors (Lipinski definition) is 9. The van der Waals surface area contributed by atoms with Crippen LogP contribution in [0.4, 0.5) is 11.4 Å². The third-order valence-corrected chi connectivity index (χ3v) is 6.29. The van der Waals surface area contributed by atoms with Crippen LogP contribution in [0.3, 0.4) is 0 Å². The minimum atomic E-state index is -0.589. The second-order valence-electron chi connectivity index (χ2n) is 7.56. The van der Waals surface area contributed by atoms with Crippen LogP contribution in [0.1, 0.15) is 15.2 Å². The van der Waals surface area contributed by atoms with Gasteiger partial charge in [0.2, 0.25) is 5.91 Å². The lowest BCUT2D eigenvalue weighted by Crippen LogP contribution is -2.27. The van der Waals surface area contributed by atoms with Crippen molar-refractivity contribution in [1.82, 2.24) is 9.55 Å². The zero-order chi connectivity index (χ0) is 25.7. The van der Waals surface area contributed by atoms with Gasteiger partial charge in [-0.05, 0) is 36.8 Å². The molecule has 2 aromatic heterocycles. The van der Waals surface area contributed by atoms with Crippen molar-refractivity contribution in [1.29, 1.82) is 0 Å². The molecule has 0 aliphatic heterocycles. The predicted molar refractivity (Wildman–Crippen MR) is 133 cm³/mol. The molecule has 0 saturated heterocycles. The number of esters is 1. The molecule has 2 heterocycles. The highest BCUT2D eigenvalue weighted by Gasteiger charge is 2.21. The molecule has 36 heavy (non-hydrogen) atoms. The number of fused-ring (bicyclic) bond motifs is 1. The van der Waals surface area contributed by atoms with Gasteiger partial charge >= 0.3 is 5.97 Å². The summed E-state index contributed by atoms with van der Waals surface area (Å²) in [7, 11) is 0. The van der Waals surface area contributed by atoms with Crippen molar-refractivity contribution in [3.05, 3.63) is 91.8 Å². The molecule has 0 aliphatic rings. The molecule has 0 atom stereocenters. The Balaban J connectivity index is 1.41. The molecule has 0 fully saturated rings. The normalized spacial score (nSPS) is 10.7. The van der Waals surface area contributed by atoms with Crippen molar-refractivity contribution in [2.45, 2.75) is 13.5 Å². The van der Waals surface area contributed by atoms with Gasteiger partial charge in [0.15, 0.2) is 0 Å². The lowest BCUT2D eigenvalue weighted by molar-refractivity contribution is -0.384. The van der Waals surface area contributed by atoms with Crippen molar-refractivity contribution >= 4 is 44.8 Å². The van der Waals surface area contributed by atoms with Gasteiger partial charge in [-0.25, -0.2) is 9.78 Å². The molecular formula is C24H20N4O7S. The zero-order valence-corrected chi connectivity index (χ0v) is 19.8. The number of nitro benzene ring substituents is 1. The molecular weight excluding hydrogens is 488 g/mol. The van der Waals surface area contributed by atoms with E-state index in [0.717, 1.165) is 15.9 Å². The molecule has 1 N–H and O–H groups in total. The first-order valence-corrected chi connectivity index (χ1v) is 11.5.